The molecule has 0 unspecified atom stereocenters. The molecule has 0 amide bonds. The molecule has 6 aromatic carbocycles. The van der Waals surface area contributed by atoms with Crippen LogP contribution in [0.15, 0.2) is 182 Å². The van der Waals surface area contributed by atoms with Crippen LogP contribution in [0.3, 0.4) is 0 Å². The molecule has 0 aliphatic rings. The van der Waals surface area contributed by atoms with Crippen molar-refractivity contribution in [2.24, 2.45) is 0 Å². The van der Waals surface area contributed by atoms with E-state index in [4.69, 9.17) is 0 Å². The molecule has 0 radical (unpaired) electrons. The van der Waals surface area contributed by atoms with Gasteiger partial charge in [0, 0.05) is 6.42 Å². The van der Waals surface area contributed by atoms with Crippen LogP contribution in [0.5, 0.6) is 0 Å². The third kappa shape index (κ3) is 5.44. The van der Waals surface area contributed by atoms with Crippen LogP contribution in [-0.2, 0) is 0 Å². The van der Waals surface area contributed by atoms with Crippen molar-refractivity contribution in [3.05, 3.63) is 182 Å². The molecule has 0 saturated carbocycles. The van der Waals surface area contributed by atoms with Crippen LogP contribution in [0.1, 0.15) is 11.9 Å². The summed E-state index contributed by atoms with van der Waals surface area (Å²) in [6.45, 7) is 0. The van der Waals surface area contributed by atoms with Crippen LogP contribution in [0, 0.1) is 0 Å². The maximum Gasteiger partial charge on any atom is 0.112 e. The minimum Gasteiger partial charge on any atom is -0.0620 e. The van der Waals surface area contributed by atoms with Gasteiger partial charge < -0.3 is 0 Å². The van der Waals surface area contributed by atoms with Gasteiger partial charge in [0.1, 0.15) is 46.4 Å². The van der Waals surface area contributed by atoms with Gasteiger partial charge in [-0.05, 0) is 72.8 Å². The van der Waals surface area contributed by atoms with Gasteiger partial charge in [-0.2, -0.15) is 0 Å². The summed E-state index contributed by atoms with van der Waals surface area (Å²) < 4.78 is 41.0. The summed E-state index contributed by atoms with van der Waals surface area (Å²) in [4.78, 5) is 0. The standard InChI is InChI=1S/C39H36P2/c1-7-20-34(21-8-1)40(35-22-9-2-10-23-35,36-24-11-3-12-25-36)32-19-33-41(37-26-13-4-14-27-37,38-28-15-5-16-29-38)39-30-17-6-18-31-39/h1-18,20-31H,19,32-33H2/q+2/i32D2,33D2. The Morgan fingerprint density at radius 2 is 0.463 bits per heavy atom. The molecule has 0 fully saturated rings. The van der Waals surface area contributed by atoms with Gasteiger partial charge in [0.25, 0.3) is 0 Å². The van der Waals surface area contributed by atoms with E-state index in [9.17, 15) is 5.48 Å². The fraction of sp³-hybridized carbons (Fsp3) is 0.0769. The summed E-state index contributed by atoms with van der Waals surface area (Å²) in [6, 6.07) is 59.6. The van der Waals surface area contributed by atoms with Gasteiger partial charge in [0.15, 0.2) is 0 Å². The highest BCUT2D eigenvalue weighted by Gasteiger charge is 2.49. The van der Waals surface area contributed by atoms with Crippen molar-refractivity contribution in [3.63, 3.8) is 0 Å². The molecule has 0 heterocycles. The maximum absolute atomic E-state index is 10.3. The quantitative estimate of drug-likeness (QED) is 0.151. The normalized spacial score (nSPS) is 13.9. The van der Waals surface area contributed by atoms with E-state index in [0.717, 1.165) is 31.8 Å². The van der Waals surface area contributed by atoms with Crippen LogP contribution in [-0.4, -0.2) is 12.2 Å². The van der Waals surface area contributed by atoms with Gasteiger partial charge in [0.2, 0.25) is 0 Å². The lowest BCUT2D eigenvalue weighted by Gasteiger charge is -2.30. The Hall–Kier alpha value is -3.82. The van der Waals surface area contributed by atoms with Crippen LogP contribution in [0.25, 0.3) is 0 Å². The van der Waals surface area contributed by atoms with Gasteiger partial charge in [-0.15, -0.1) is 0 Å². The van der Waals surface area contributed by atoms with Gasteiger partial charge >= 0.3 is 0 Å². The minimum absolute atomic E-state index is 0.307. The Morgan fingerprint density at radius 1 is 0.293 bits per heavy atom. The highest BCUT2D eigenvalue weighted by atomic mass is 31.2. The van der Waals surface area contributed by atoms with Gasteiger partial charge in [0.05, 0.1) is 17.7 Å². The highest BCUT2D eigenvalue weighted by molar-refractivity contribution is 7.96. The van der Waals surface area contributed by atoms with Gasteiger partial charge in [-0.25, -0.2) is 0 Å². The minimum atomic E-state index is -3.09. The average molecular weight is 571 g/mol. The fourth-order valence-electron chi connectivity index (χ4n) is 5.62. The third-order valence-corrected chi connectivity index (χ3v) is 15.2. The van der Waals surface area contributed by atoms with E-state index in [-0.39, 0.29) is 6.42 Å². The number of hydrogen-bond donors (Lipinski definition) is 0. The van der Waals surface area contributed by atoms with E-state index in [1.165, 1.54) is 0 Å². The van der Waals surface area contributed by atoms with Crippen molar-refractivity contribution in [3.8, 4) is 0 Å². The maximum atomic E-state index is 10.3. The van der Waals surface area contributed by atoms with E-state index in [1.807, 2.05) is 182 Å². The van der Waals surface area contributed by atoms with Crippen LogP contribution in [0.2, 0.25) is 0 Å². The molecule has 0 aliphatic heterocycles. The molecular formula is C39H36P2+2. The first-order chi connectivity index (χ1) is 21.8. The SMILES string of the molecule is [2H]C([2H])(CC([2H])([2H])[P+](c1ccccc1)(c1ccccc1)c1ccccc1)[P+](c1ccccc1)(c1ccccc1)c1ccccc1. The predicted molar refractivity (Wildman–Crippen MR) is 185 cm³/mol. The molecule has 6 aromatic rings. The monoisotopic (exact) mass is 570 g/mol. The lowest BCUT2D eigenvalue weighted by molar-refractivity contribution is 1.10. The summed E-state index contributed by atoms with van der Waals surface area (Å²) >= 11 is 0. The van der Waals surface area contributed by atoms with E-state index >= 15 is 0 Å². The number of benzene rings is 6. The molecule has 6 rings (SSSR count). The van der Waals surface area contributed by atoms with Crippen LogP contribution in [0.4, 0.5) is 0 Å². The molecule has 2 heteroatoms. The molecule has 0 saturated heterocycles. The van der Waals surface area contributed by atoms with Crippen molar-refractivity contribution in [1.29, 1.82) is 0 Å². The first-order valence-corrected chi connectivity index (χ1v) is 17.5. The average Bonchev–Trinajstić information content (AvgIpc) is 3.08. The molecule has 0 spiro atoms. The molecular weight excluding hydrogens is 530 g/mol. The van der Waals surface area contributed by atoms with Crippen molar-refractivity contribution >= 4 is 46.4 Å². The van der Waals surface area contributed by atoms with E-state index in [1.54, 1.807) is 0 Å². The van der Waals surface area contributed by atoms with Crippen LogP contribution >= 0.6 is 14.5 Å². The summed E-state index contributed by atoms with van der Waals surface area (Å²) in [5.41, 5.74) is 0. The zero-order valence-corrected chi connectivity index (χ0v) is 24.7. The van der Waals surface area contributed by atoms with E-state index < -0.39 is 26.8 Å². The van der Waals surface area contributed by atoms with Crippen molar-refractivity contribution < 1.29 is 5.48 Å². The molecule has 0 aliphatic carbocycles. The molecule has 41 heavy (non-hydrogen) atoms. The number of hydrogen-bond acceptors (Lipinski definition) is 0. The zero-order chi connectivity index (χ0) is 31.4. The topological polar surface area (TPSA) is 0 Å². The lowest BCUT2D eigenvalue weighted by Crippen LogP contribution is -2.36. The zero-order valence-electron chi connectivity index (χ0n) is 26.9. The summed E-state index contributed by atoms with van der Waals surface area (Å²) in [6.07, 6.45) is -4.27. The first kappa shape index (κ1) is 22.8. The summed E-state index contributed by atoms with van der Waals surface area (Å²) in [5.74, 6) is 0. The first-order valence-electron chi connectivity index (χ1n) is 16.0. The molecule has 0 bridgehead atoms. The van der Waals surface area contributed by atoms with E-state index in [0.29, 0.717) is 0 Å². The molecule has 200 valence electrons. The fourth-order valence-corrected chi connectivity index (χ4v) is 13.0. The third-order valence-electron chi connectivity index (χ3n) is 7.49. The number of rotatable bonds is 10. The Balaban J connectivity index is 1.66. The van der Waals surface area contributed by atoms with Crippen molar-refractivity contribution in [2.45, 2.75) is 6.42 Å². The second-order valence-electron chi connectivity index (χ2n) is 9.85. The summed E-state index contributed by atoms with van der Waals surface area (Å²) in [5, 5.41) is 5.37. The van der Waals surface area contributed by atoms with Gasteiger partial charge in [-0.1, -0.05) is 109 Å². The second-order valence-corrected chi connectivity index (χ2v) is 16.3. The Bertz CT molecular complexity index is 1470. The Labute approximate surface area is 252 Å². The summed E-state index contributed by atoms with van der Waals surface area (Å²) in [7, 11) is -6.17. The second kappa shape index (κ2) is 12.8. The van der Waals surface area contributed by atoms with Crippen LogP contribution < -0.4 is 31.8 Å². The lowest BCUT2D eigenvalue weighted by atomic mass is 10.3. The molecule has 0 atom stereocenters. The highest BCUT2D eigenvalue weighted by Crippen LogP contribution is 2.60. The predicted octanol–water partition coefficient (Wildman–Crippen LogP) is 7.36. The molecule has 0 aromatic heterocycles. The smallest absolute Gasteiger partial charge is 0.0620 e. The molecule has 0 N–H and O–H groups in total. The largest absolute Gasteiger partial charge is 0.112 e. The Kier molecular flexibility index (Phi) is 7.12. The molecule has 0 nitrogen and oxygen atoms in total. The van der Waals surface area contributed by atoms with Crippen molar-refractivity contribution in [2.75, 3.05) is 12.2 Å². The van der Waals surface area contributed by atoms with Crippen molar-refractivity contribution in [1.82, 2.24) is 0 Å². The Morgan fingerprint density at radius 3 is 0.634 bits per heavy atom. The van der Waals surface area contributed by atoms with Gasteiger partial charge in [-0.3, -0.25) is 0 Å². The van der Waals surface area contributed by atoms with E-state index in [2.05, 4.69) is 0 Å².